The van der Waals surface area contributed by atoms with Gasteiger partial charge in [-0.1, -0.05) is 6.07 Å². The number of carbonyl (C=O) groups excluding carboxylic acids is 1. The molecular formula is C14H17ClN2O2. The van der Waals surface area contributed by atoms with E-state index in [0.29, 0.717) is 13.0 Å². The number of aryl methyl sites for hydroxylation is 2. The van der Waals surface area contributed by atoms with Gasteiger partial charge in [-0.2, -0.15) is 0 Å². The zero-order valence-corrected chi connectivity index (χ0v) is 12.1. The summed E-state index contributed by atoms with van der Waals surface area (Å²) in [5, 5.41) is -0.203. The van der Waals surface area contributed by atoms with Gasteiger partial charge < -0.3 is 9.30 Å². The largest absolute Gasteiger partial charge is 0.469 e. The van der Waals surface area contributed by atoms with Crippen LogP contribution in [0.15, 0.2) is 18.2 Å². The van der Waals surface area contributed by atoms with Crippen LogP contribution in [0.25, 0.3) is 11.0 Å². The van der Waals surface area contributed by atoms with Crippen molar-refractivity contribution in [3.05, 3.63) is 29.6 Å². The number of alkyl halides is 1. The maximum atomic E-state index is 11.3. The van der Waals surface area contributed by atoms with Crippen molar-refractivity contribution in [2.75, 3.05) is 7.11 Å². The Kier molecular flexibility index (Phi) is 4.10. The molecule has 2 aromatic rings. The van der Waals surface area contributed by atoms with Gasteiger partial charge in [0.15, 0.2) is 0 Å². The van der Waals surface area contributed by atoms with Gasteiger partial charge in [0.2, 0.25) is 0 Å². The highest BCUT2D eigenvalue weighted by Gasteiger charge is 2.15. The minimum atomic E-state index is -0.234. The molecule has 1 aromatic heterocycles. The lowest BCUT2D eigenvalue weighted by molar-refractivity contribution is -0.140. The molecule has 4 nitrogen and oxygen atoms in total. The fourth-order valence-electron chi connectivity index (χ4n) is 2.10. The summed E-state index contributed by atoms with van der Waals surface area (Å²) < 4.78 is 6.66. The lowest BCUT2D eigenvalue weighted by Gasteiger charge is -2.09. The van der Waals surface area contributed by atoms with E-state index < -0.39 is 0 Å². The first-order valence-corrected chi connectivity index (χ1v) is 6.64. The third-order valence-corrected chi connectivity index (χ3v) is 3.25. The number of rotatable bonds is 4. The molecule has 0 fully saturated rings. The average Bonchev–Trinajstić information content (AvgIpc) is 2.73. The van der Waals surface area contributed by atoms with Crippen LogP contribution in [0.2, 0.25) is 0 Å². The van der Waals surface area contributed by atoms with Gasteiger partial charge in [-0.05, 0) is 31.5 Å². The molecule has 0 bridgehead atoms. The zero-order chi connectivity index (χ0) is 14.0. The first-order valence-electron chi connectivity index (χ1n) is 6.20. The minimum Gasteiger partial charge on any atom is -0.469 e. The molecule has 0 aliphatic carbocycles. The average molecular weight is 281 g/mol. The molecule has 1 heterocycles. The molecule has 0 aliphatic rings. The van der Waals surface area contributed by atoms with Crippen LogP contribution in [-0.2, 0) is 16.1 Å². The van der Waals surface area contributed by atoms with Crippen molar-refractivity contribution < 1.29 is 9.53 Å². The van der Waals surface area contributed by atoms with E-state index in [1.807, 2.05) is 36.6 Å². The number of imidazole rings is 1. The lowest BCUT2D eigenvalue weighted by atomic mass is 10.2. The normalized spacial score (nSPS) is 12.6. The molecule has 0 amide bonds. The molecule has 0 aliphatic heterocycles. The van der Waals surface area contributed by atoms with Crippen molar-refractivity contribution in [1.82, 2.24) is 9.55 Å². The first-order chi connectivity index (χ1) is 9.02. The number of esters is 1. The Labute approximate surface area is 117 Å². The Morgan fingerprint density at radius 3 is 2.89 bits per heavy atom. The monoisotopic (exact) mass is 280 g/mol. The third kappa shape index (κ3) is 2.89. The van der Waals surface area contributed by atoms with Crippen molar-refractivity contribution in [2.45, 2.75) is 32.2 Å². The van der Waals surface area contributed by atoms with Crippen LogP contribution < -0.4 is 0 Å². The molecule has 0 spiro atoms. The van der Waals surface area contributed by atoms with Crippen molar-refractivity contribution in [1.29, 1.82) is 0 Å². The number of benzene rings is 1. The summed E-state index contributed by atoms with van der Waals surface area (Å²) in [6, 6.07) is 6.06. The summed E-state index contributed by atoms with van der Waals surface area (Å²) in [4.78, 5) is 15.8. The standard InChI is InChI=1S/C14H17ClN2O2/c1-9-4-5-12-11(8-9)16-14(10(2)15)17(12)7-6-13(18)19-3/h4-5,8,10H,6-7H2,1-3H3. The van der Waals surface area contributed by atoms with Gasteiger partial charge in [0, 0.05) is 6.54 Å². The summed E-state index contributed by atoms with van der Waals surface area (Å²) in [5.41, 5.74) is 3.06. The van der Waals surface area contributed by atoms with Gasteiger partial charge in [0.1, 0.15) is 5.82 Å². The molecule has 0 saturated heterocycles. The summed E-state index contributed by atoms with van der Waals surface area (Å²) in [5.74, 6) is 0.549. The fourth-order valence-corrected chi connectivity index (χ4v) is 2.27. The smallest absolute Gasteiger partial charge is 0.307 e. The molecule has 1 atom stereocenters. The number of carbonyl (C=O) groups is 1. The number of aromatic nitrogens is 2. The maximum Gasteiger partial charge on any atom is 0.307 e. The van der Waals surface area contributed by atoms with E-state index in [1.165, 1.54) is 7.11 Å². The van der Waals surface area contributed by atoms with E-state index in [1.54, 1.807) is 0 Å². The Balaban J connectivity index is 2.43. The second kappa shape index (κ2) is 5.61. The second-order valence-corrected chi connectivity index (χ2v) is 5.21. The lowest BCUT2D eigenvalue weighted by Crippen LogP contribution is -2.10. The number of hydrogen-bond donors (Lipinski definition) is 0. The topological polar surface area (TPSA) is 44.1 Å². The highest BCUT2D eigenvalue weighted by molar-refractivity contribution is 6.20. The Hall–Kier alpha value is -1.55. The predicted octanol–water partition coefficient (Wildman–Crippen LogP) is 3.21. The van der Waals surface area contributed by atoms with E-state index >= 15 is 0 Å². The van der Waals surface area contributed by atoms with E-state index in [2.05, 4.69) is 9.72 Å². The number of nitrogens with zero attached hydrogens (tertiary/aromatic N) is 2. The van der Waals surface area contributed by atoms with Crippen LogP contribution >= 0.6 is 11.6 Å². The maximum absolute atomic E-state index is 11.3. The van der Waals surface area contributed by atoms with Crippen LogP contribution in [0.1, 0.15) is 30.1 Å². The quantitative estimate of drug-likeness (QED) is 0.638. The number of methoxy groups -OCH3 is 1. The number of fused-ring (bicyclic) bond motifs is 1. The van der Waals surface area contributed by atoms with Gasteiger partial charge in [-0.15, -0.1) is 11.6 Å². The van der Waals surface area contributed by atoms with Gasteiger partial charge in [0.25, 0.3) is 0 Å². The summed E-state index contributed by atoms with van der Waals surface area (Å²) in [7, 11) is 1.39. The summed E-state index contributed by atoms with van der Waals surface area (Å²) >= 11 is 6.17. The molecule has 2 rings (SSSR count). The molecule has 0 N–H and O–H groups in total. The number of ether oxygens (including phenoxy) is 1. The predicted molar refractivity (Wildman–Crippen MR) is 75.4 cm³/mol. The van der Waals surface area contributed by atoms with Gasteiger partial charge in [-0.3, -0.25) is 4.79 Å². The highest BCUT2D eigenvalue weighted by atomic mass is 35.5. The summed E-state index contributed by atoms with van der Waals surface area (Å²) in [6.07, 6.45) is 0.312. The molecule has 19 heavy (non-hydrogen) atoms. The fraction of sp³-hybridized carbons (Fsp3) is 0.429. The van der Waals surface area contributed by atoms with Crippen LogP contribution in [-0.4, -0.2) is 22.6 Å². The van der Waals surface area contributed by atoms with Crippen molar-refractivity contribution in [2.24, 2.45) is 0 Å². The van der Waals surface area contributed by atoms with E-state index in [4.69, 9.17) is 11.6 Å². The first kappa shape index (κ1) is 13.9. The van der Waals surface area contributed by atoms with E-state index in [-0.39, 0.29) is 11.3 Å². The van der Waals surface area contributed by atoms with E-state index in [0.717, 1.165) is 22.4 Å². The van der Waals surface area contributed by atoms with Crippen molar-refractivity contribution in [3.63, 3.8) is 0 Å². The highest BCUT2D eigenvalue weighted by Crippen LogP contribution is 2.25. The molecule has 102 valence electrons. The van der Waals surface area contributed by atoms with Crippen LogP contribution in [0.4, 0.5) is 0 Å². The molecular weight excluding hydrogens is 264 g/mol. The minimum absolute atomic E-state index is 0.203. The Bertz CT molecular complexity index is 605. The third-order valence-electron chi connectivity index (χ3n) is 3.06. The van der Waals surface area contributed by atoms with Crippen LogP contribution in [0, 0.1) is 6.92 Å². The SMILES string of the molecule is COC(=O)CCn1c(C(C)Cl)nc2cc(C)ccc21. The molecule has 0 radical (unpaired) electrons. The van der Waals surface area contributed by atoms with Gasteiger partial charge >= 0.3 is 5.97 Å². The van der Waals surface area contributed by atoms with Crippen LogP contribution in [0.3, 0.4) is 0 Å². The zero-order valence-electron chi connectivity index (χ0n) is 11.3. The Morgan fingerprint density at radius 2 is 2.26 bits per heavy atom. The number of hydrogen-bond acceptors (Lipinski definition) is 3. The van der Waals surface area contributed by atoms with Crippen molar-refractivity contribution in [3.8, 4) is 0 Å². The van der Waals surface area contributed by atoms with Crippen molar-refractivity contribution >= 4 is 28.6 Å². The summed E-state index contributed by atoms with van der Waals surface area (Å²) in [6.45, 7) is 4.43. The molecule has 0 saturated carbocycles. The van der Waals surface area contributed by atoms with Gasteiger partial charge in [0.05, 0.1) is 29.9 Å². The number of halogens is 1. The Morgan fingerprint density at radius 1 is 1.53 bits per heavy atom. The van der Waals surface area contributed by atoms with Crippen LogP contribution in [0.5, 0.6) is 0 Å². The molecule has 1 aromatic carbocycles. The second-order valence-electron chi connectivity index (χ2n) is 4.56. The molecule has 5 heteroatoms. The van der Waals surface area contributed by atoms with E-state index in [9.17, 15) is 4.79 Å². The van der Waals surface area contributed by atoms with Gasteiger partial charge in [-0.25, -0.2) is 4.98 Å². The molecule has 1 unspecified atom stereocenters.